The summed E-state index contributed by atoms with van der Waals surface area (Å²) in [6, 6.07) is 15.0. The number of carbonyl (C=O) groups excluding carboxylic acids is 2. The number of thiazole rings is 1. The predicted octanol–water partition coefficient (Wildman–Crippen LogP) is 4.88. The molecule has 0 bridgehead atoms. The Hall–Kier alpha value is -2.99. The first kappa shape index (κ1) is 19.3. The molecule has 2 heterocycles. The van der Waals surface area contributed by atoms with E-state index in [2.05, 4.69) is 4.98 Å². The summed E-state index contributed by atoms with van der Waals surface area (Å²) in [6.07, 6.45) is 1.85. The lowest BCUT2D eigenvalue weighted by atomic mass is 9.99. The van der Waals surface area contributed by atoms with Crippen LogP contribution in [-0.4, -0.2) is 35.4 Å². The molecule has 1 aromatic heterocycles. The summed E-state index contributed by atoms with van der Waals surface area (Å²) in [6.45, 7) is 2.65. The molecule has 0 radical (unpaired) electrons. The van der Waals surface area contributed by atoms with Crippen LogP contribution in [-0.2, 0) is 4.74 Å². The quantitative estimate of drug-likeness (QED) is 0.579. The van der Waals surface area contributed by atoms with Crippen molar-refractivity contribution in [3.8, 4) is 11.1 Å². The minimum Gasteiger partial charge on any atom is -0.465 e. The number of methoxy groups -OCH3 is 1. The van der Waals surface area contributed by atoms with Gasteiger partial charge in [0.25, 0.3) is 5.91 Å². The van der Waals surface area contributed by atoms with E-state index in [9.17, 15) is 9.59 Å². The molecule has 3 aromatic rings. The molecule has 1 atom stereocenters. The zero-order valence-electron chi connectivity index (χ0n) is 16.4. The molecule has 4 rings (SSSR count). The SMILES string of the molecule is COC(=O)c1cc(C(=O)N2CCC[C@@H]2c2nc(C)cs2)cc(-c2ccccc2)c1. The Balaban J connectivity index is 1.73. The molecule has 1 amide bonds. The van der Waals surface area contributed by atoms with Crippen LogP contribution in [0.25, 0.3) is 11.1 Å². The predicted molar refractivity (Wildman–Crippen MR) is 113 cm³/mol. The smallest absolute Gasteiger partial charge is 0.337 e. The molecule has 1 aliphatic heterocycles. The van der Waals surface area contributed by atoms with E-state index in [0.29, 0.717) is 17.7 Å². The Morgan fingerprint density at radius 2 is 1.86 bits per heavy atom. The number of rotatable bonds is 4. The number of hydrogen-bond donors (Lipinski definition) is 0. The van der Waals surface area contributed by atoms with Gasteiger partial charge in [0.1, 0.15) is 5.01 Å². The Labute approximate surface area is 174 Å². The maximum absolute atomic E-state index is 13.4. The van der Waals surface area contributed by atoms with Gasteiger partial charge in [0.15, 0.2) is 0 Å². The number of nitrogens with zero attached hydrogens (tertiary/aromatic N) is 2. The van der Waals surface area contributed by atoms with Crippen LogP contribution in [0.1, 0.15) is 50.3 Å². The average molecular weight is 407 g/mol. The minimum atomic E-state index is -0.453. The van der Waals surface area contributed by atoms with Gasteiger partial charge >= 0.3 is 5.97 Å². The maximum atomic E-state index is 13.4. The van der Waals surface area contributed by atoms with Crippen molar-refractivity contribution in [1.29, 1.82) is 0 Å². The van der Waals surface area contributed by atoms with E-state index < -0.39 is 5.97 Å². The Bertz CT molecular complexity index is 1050. The molecule has 0 saturated carbocycles. The van der Waals surface area contributed by atoms with Crippen LogP contribution < -0.4 is 0 Å². The molecule has 29 heavy (non-hydrogen) atoms. The van der Waals surface area contributed by atoms with Crippen molar-refractivity contribution in [2.45, 2.75) is 25.8 Å². The molecule has 148 valence electrons. The standard InChI is InChI=1S/C23H22N2O3S/c1-15-14-29-21(24-15)20-9-6-10-25(20)22(26)18-11-17(16-7-4-3-5-8-16)12-19(13-18)23(27)28-2/h3-5,7-8,11-14,20H,6,9-10H2,1-2H3/t20-/m1/s1. The second-order valence-electron chi connectivity index (χ2n) is 7.14. The molecule has 0 N–H and O–H groups in total. The third kappa shape index (κ3) is 3.93. The van der Waals surface area contributed by atoms with Crippen LogP contribution in [0.5, 0.6) is 0 Å². The van der Waals surface area contributed by atoms with E-state index in [1.54, 1.807) is 23.5 Å². The summed E-state index contributed by atoms with van der Waals surface area (Å²) < 4.78 is 4.91. The van der Waals surface area contributed by atoms with Crippen LogP contribution in [0.4, 0.5) is 0 Å². The molecule has 0 spiro atoms. The van der Waals surface area contributed by atoms with E-state index in [4.69, 9.17) is 4.74 Å². The second kappa shape index (κ2) is 8.17. The first-order chi connectivity index (χ1) is 14.1. The molecule has 1 aliphatic rings. The molecular formula is C23H22N2O3S. The van der Waals surface area contributed by atoms with Gasteiger partial charge in [-0.05, 0) is 49.1 Å². The van der Waals surface area contributed by atoms with Crippen molar-refractivity contribution in [2.24, 2.45) is 0 Å². The summed E-state index contributed by atoms with van der Waals surface area (Å²) in [4.78, 5) is 32.1. The number of aryl methyl sites for hydroxylation is 1. The number of likely N-dealkylation sites (tertiary alicyclic amines) is 1. The molecule has 1 fully saturated rings. The van der Waals surface area contributed by atoms with Gasteiger partial charge in [0.2, 0.25) is 0 Å². The van der Waals surface area contributed by atoms with Crippen LogP contribution in [0, 0.1) is 6.92 Å². The number of aromatic nitrogens is 1. The molecule has 1 saturated heterocycles. The fourth-order valence-corrected chi connectivity index (χ4v) is 4.68. The van der Waals surface area contributed by atoms with Crippen LogP contribution >= 0.6 is 11.3 Å². The largest absolute Gasteiger partial charge is 0.465 e. The van der Waals surface area contributed by atoms with Gasteiger partial charge in [-0.2, -0.15) is 0 Å². The lowest BCUT2D eigenvalue weighted by Gasteiger charge is -2.23. The zero-order valence-corrected chi connectivity index (χ0v) is 17.2. The Kier molecular flexibility index (Phi) is 5.45. The Morgan fingerprint density at radius 1 is 1.10 bits per heavy atom. The summed E-state index contributed by atoms with van der Waals surface area (Å²) >= 11 is 1.60. The molecule has 6 heteroatoms. The minimum absolute atomic E-state index is 0.0110. The van der Waals surface area contributed by atoms with Gasteiger partial charge in [0, 0.05) is 23.2 Å². The number of amides is 1. The molecule has 2 aromatic carbocycles. The van der Waals surface area contributed by atoms with Crippen molar-refractivity contribution >= 4 is 23.2 Å². The van der Waals surface area contributed by atoms with Crippen molar-refractivity contribution in [3.63, 3.8) is 0 Å². The monoisotopic (exact) mass is 406 g/mol. The molecule has 0 unspecified atom stereocenters. The van der Waals surface area contributed by atoms with Gasteiger partial charge in [-0.1, -0.05) is 30.3 Å². The number of benzene rings is 2. The number of carbonyl (C=O) groups is 2. The maximum Gasteiger partial charge on any atom is 0.337 e. The summed E-state index contributed by atoms with van der Waals surface area (Å²) in [7, 11) is 1.35. The summed E-state index contributed by atoms with van der Waals surface area (Å²) in [5, 5.41) is 2.99. The first-order valence-electron chi connectivity index (χ1n) is 9.58. The van der Waals surface area contributed by atoms with E-state index in [-0.39, 0.29) is 11.9 Å². The molecular weight excluding hydrogens is 384 g/mol. The van der Waals surface area contributed by atoms with Gasteiger partial charge in [-0.25, -0.2) is 9.78 Å². The van der Waals surface area contributed by atoms with E-state index in [1.807, 2.05) is 53.6 Å². The lowest BCUT2D eigenvalue weighted by Crippen LogP contribution is -2.30. The highest BCUT2D eigenvalue weighted by atomic mass is 32.1. The first-order valence-corrected chi connectivity index (χ1v) is 10.5. The Morgan fingerprint density at radius 3 is 2.55 bits per heavy atom. The topological polar surface area (TPSA) is 59.5 Å². The molecule has 0 aliphatic carbocycles. The normalized spacial score (nSPS) is 16.1. The highest BCUT2D eigenvalue weighted by Crippen LogP contribution is 2.35. The highest BCUT2D eigenvalue weighted by Gasteiger charge is 2.33. The average Bonchev–Trinajstić information content (AvgIpc) is 3.41. The molecule has 5 nitrogen and oxygen atoms in total. The summed E-state index contributed by atoms with van der Waals surface area (Å²) in [5.41, 5.74) is 3.60. The lowest BCUT2D eigenvalue weighted by molar-refractivity contribution is 0.0600. The van der Waals surface area contributed by atoms with Crippen molar-refractivity contribution < 1.29 is 14.3 Å². The third-order valence-electron chi connectivity index (χ3n) is 5.14. The number of ether oxygens (including phenoxy) is 1. The summed E-state index contributed by atoms with van der Waals surface area (Å²) in [5.74, 6) is -0.534. The van der Waals surface area contributed by atoms with Crippen LogP contribution in [0.15, 0.2) is 53.9 Å². The van der Waals surface area contributed by atoms with Gasteiger partial charge in [0.05, 0.1) is 18.7 Å². The highest BCUT2D eigenvalue weighted by molar-refractivity contribution is 7.09. The fourth-order valence-electron chi connectivity index (χ4n) is 3.74. The van der Waals surface area contributed by atoms with E-state index in [0.717, 1.165) is 34.7 Å². The van der Waals surface area contributed by atoms with E-state index >= 15 is 0 Å². The van der Waals surface area contributed by atoms with Crippen LogP contribution in [0.3, 0.4) is 0 Å². The van der Waals surface area contributed by atoms with Crippen molar-refractivity contribution in [2.75, 3.05) is 13.7 Å². The zero-order chi connectivity index (χ0) is 20.4. The van der Waals surface area contributed by atoms with E-state index in [1.165, 1.54) is 7.11 Å². The second-order valence-corrected chi connectivity index (χ2v) is 8.03. The third-order valence-corrected chi connectivity index (χ3v) is 6.21. The number of esters is 1. The fraction of sp³-hybridized carbons (Fsp3) is 0.261. The van der Waals surface area contributed by atoms with Crippen molar-refractivity contribution in [1.82, 2.24) is 9.88 Å². The van der Waals surface area contributed by atoms with Crippen LogP contribution in [0.2, 0.25) is 0 Å². The van der Waals surface area contributed by atoms with Gasteiger partial charge in [-0.3, -0.25) is 4.79 Å². The van der Waals surface area contributed by atoms with Gasteiger partial charge in [-0.15, -0.1) is 11.3 Å². The van der Waals surface area contributed by atoms with Crippen molar-refractivity contribution in [3.05, 3.63) is 75.7 Å². The number of hydrogen-bond acceptors (Lipinski definition) is 5. The van der Waals surface area contributed by atoms with Gasteiger partial charge < -0.3 is 9.64 Å².